The molecule has 2 aliphatic heterocycles. The van der Waals surface area contributed by atoms with Crippen LogP contribution in [0.5, 0.6) is 0 Å². The molecule has 7 atom stereocenters. The second kappa shape index (κ2) is 15.8. The number of carboxylic acid groups (broad SMARTS) is 1. The molecule has 0 bridgehead atoms. The Labute approximate surface area is 259 Å². The molecule has 0 aromatic heterocycles. The van der Waals surface area contributed by atoms with Crippen molar-refractivity contribution in [1.29, 1.82) is 0 Å². The summed E-state index contributed by atoms with van der Waals surface area (Å²) in [5, 5.41) is 14.9. The first-order valence-corrected chi connectivity index (χ1v) is 15.4. The number of carbonyl (C=O) groups excluding carboxylic acids is 6. The first-order valence-electron chi connectivity index (χ1n) is 15.4. The van der Waals surface area contributed by atoms with E-state index in [4.69, 9.17) is 4.74 Å². The lowest BCUT2D eigenvalue weighted by Crippen LogP contribution is -2.60. The van der Waals surface area contributed by atoms with Gasteiger partial charge in [-0.15, -0.1) is 0 Å². The molecular formula is C30H49N5O9. The zero-order chi connectivity index (χ0) is 33.5. The molecule has 14 heteroatoms. The Morgan fingerprint density at radius 1 is 0.977 bits per heavy atom. The van der Waals surface area contributed by atoms with Crippen LogP contribution in [0.1, 0.15) is 73.6 Å². The number of hydrogen-bond donors (Lipinski definition) is 3. The van der Waals surface area contributed by atoms with E-state index in [1.165, 1.54) is 42.6 Å². The molecular weight excluding hydrogens is 574 g/mol. The molecule has 0 aromatic rings. The van der Waals surface area contributed by atoms with Crippen molar-refractivity contribution >= 4 is 41.5 Å². The highest BCUT2D eigenvalue weighted by Crippen LogP contribution is 2.24. The zero-order valence-corrected chi connectivity index (χ0v) is 27.1. The van der Waals surface area contributed by atoms with Crippen LogP contribution in [0.4, 0.5) is 0 Å². The maximum atomic E-state index is 13.9. The minimum Gasteiger partial charge on any atom is -0.481 e. The number of ether oxygens (including phenoxy) is 1. The second-order valence-corrected chi connectivity index (χ2v) is 12.3. The van der Waals surface area contributed by atoms with Gasteiger partial charge in [-0.05, 0) is 31.6 Å². The van der Waals surface area contributed by atoms with Gasteiger partial charge >= 0.3 is 11.9 Å². The number of amides is 5. The third kappa shape index (κ3) is 8.69. The van der Waals surface area contributed by atoms with Gasteiger partial charge in [-0.25, -0.2) is 0 Å². The van der Waals surface area contributed by atoms with Crippen molar-refractivity contribution in [3.8, 4) is 0 Å². The van der Waals surface area contributed by atoms with Crippen LogP contribution < -0.4 is 10.6 Å². The summed E-state index contributed by atoms with van der Waals surface area (Å²) in [5.74, 6) is -6.46. The van der Waals surface area contributed by atoms with E-state index in [2.05, 4.69) is 10.6 Å². The molecule has 2 aliphatic rings. The smallest absolute Gasteiger partial charge is 0.308 e. The quantitative estimate of drug-likeness (QED) is 0.352. The number of esters is 1. The van der Waals surface area contributed by atoms with Gasteiger partial charge in [0.25, 0.3) is 5.91 Å². The minimum atomic E-state index is -1.47. The van der Waals surface area contributed by atoms with Gasteiger partial charge in [0.15, 0.2) is 6.10 Å². The Hall–Kier alpha value is -3.71. The number of hydrogen-bond acceptors (Lipinski definition) is 8. The SMILES string of the molecule is CC[C@H](C)[C@@H]1NC(=O)[C@@H]2CCCN2C(=O)[C@H](C[C@H](C)C(=O)O)OC(=O)CCNC(=O)[C@H](C)N(C)C(=O)[C@@H](C(C)C)N(C)C1=O. The van der Waals surface area contributed by atoms with E-state index in [1.807, 2.05) is 6.92 Å². The molecule has 0 aliphatic carbocycles. The summed E-state index contributed by atoms with van der Waals surface area (Å²) >= 11 is 0. The summed E-state index contributed by atoms with van der Waals surface area (Å²) in [4.78, 5) is 96.0. The molecule has 2 fully saturated rings. The maximum absolute atomic E-state index is 13.9. The highest BCUT2D eigenvalue weighted by atomic mass is 16.5. The van der Waals surface area contributed by atoms with E-state index in [-0.39, 0.29) is 37.8 Å². The van der Waals surface area contributed by atoms with Crippen molar-refractivity contribution in [3.05, 3.63) is 0 Å². The van der Waals surface area contributed by atoms with Crippen LogP contribution in [0.2, 0.25) is 0 Å². The van der Waals surface area contributed by atoms with Crippen LogP contribution in [0.25, 0.3) is 0 Å². The lowest BCUT2D eigenvalue weighted by atomic mass is 9.94. The Morgan fingerprint density at radius 3 is 2.18 bits per heavy atom. The largest absolute Gasteiger partial charge is 0.481 e. The Bertz CT molecular complexity index is 1110. The molecule has 0 aromatic carbocycles. The van der Waals surface area contributed by atoms with Crippen LogP contribution in [-0.4, -0.2) is 119 Å². The highest BCUT2D eigenvalue weighted by molar-refractivity contribution is 5.96. The van der Waals surface area contributed by atoms with Crippen LogP contribution in [-0.2, 0) is 38.3 Å². The summed E-state index contributed by atoms with van der Waals surface area (Å²) in [5.41, 5.74) is 0. The monoisotopic (exact) mass is 623 g/mol. The molecule has 3 N–H and O–H groups in total. The molecule has 0 spiro atoms. The maximum Gasteiger partial charge on any atom is 0.308 e. The fourth-order valence-electron chi connectivity index (χ4n) is 5.52. The molecule has 2 heterocycles. The standard InChI is InChI=1S/C30H49N5O9/c1-9-17(4)23-28(40)34(8)24(16(2)3)29(41)33(7)19(6)25(37)31-13-12-22(36)44-21(15-18(5)30(42)43)27(39)35-14-10-11-20(35)26(38)32-23/h16-21,23-24H,9-15H2,1-8H3,(H,31,37)(H,32,38)(H,42,43)/t17-,18-,19-,20-,21-,23-,24+/m0/s1. The van der Waals surface area contributed by atoms with Gasteiger partial charge in [-0.1, -0.05) is 41.0 Å². The first kappa shape index (κ1) is 36.5. The molecule has 14 nitrogen and oxygen atoms in total. The normalized spacial score (nSPS) is 28.4. The second-order valence-electron chi connectivity index (χ2n) is 12.3. The van der Waals surface area contributed by atoms with E-state index in [0.29, 0.717) is 19.3 Å². The van der Waals surface area contributed by atoms with Gasteiger partial charge in [0.2, 0.25) is 23.6 Å². The van der Waals surface area contributed by atoms with Gasteiger partial charge < -0.3 is 35.2 Å². The number of likely N-dealkylation sites (N-methyl/N-ethyl adjacent to an activating group) is 2. The van der Waals surface area contributed by atoms with Crippen molar-refractivity contribution in [2.45, 2.75) is 104 Å². The number of carbonyl (C=O) groups is 7. The number of nitrogens with zero attached hydrogens (tertiary/aromatic N) is 3. The van der Waals surface area contributed by atoms with Crippen molar-refractivity contribution in [1.82, 2.24) is 25.3 Å². The third-order valence-corrected chi connectivity index (χ3v) is 8.74. The van der Waals surface area contributed by atoms with Gasteiger partial charge in [-0.3, -0.25) is 33.6 Å². The fourth-order valence-corrected chi connectivity index (χ4v) is 5.52. The van der Waals surface area contributed by atoms with Crippen molar-refractivity contribution in [2.75, 3.05) is 27.2 Å². The third-order valence-electron chi connectivity index (χ3n) is 8.74. The molecule has 5 amide bonds. The average Bonchev–Trinajstić information content (AvgIpc) is 3.46. The van der Waals surface area contributed by atoms with E-state index in [9.17, 15) is 38.7 Å². The molecule has 0 radical (unpaired) electrons. The molecule has 0 saturated carbocycles. The van der Waals surface area contributed by atoms with Gasteiger partial charge in [0, 0.05) is 33.6 Å². The Balaban J connectivity index is 2.56. The van der Waals surface area contributed by atoms with Crippen molar-refractivity contribution < 1.29 is 43.4 Å². The van der Waals surface area contributed by atoms with Crippen LogP contribution in [0.3, 0.4) is 0 Å². The number of rotatable bonds is 6. The summed E-state index contributed by atoms with van der Waals surface area (Å²) in [6.07, 6.45) is -0.787. The van der Waals surface area contributed by atoms with Crippen LogP contribution in [0, 0.1) is 17.8 Å². The molecule has 248 valence electrons. The van der Waals surface area contributed by atoms with Gasteiger partial charge in [0.1, 0.15) is 24.2 Å². The summed E-state index contributed by atoms with van der Waals surface area (Å²) in [7, 11) is 2.95. The number of aliphatic carboxylic acids is 1. The van der Waals surface area contributed by atoms with Gasteiger partial charge in [0.05, 0.1) is 12.3 Å². The molecule has 2 saturated heterocycles. The summed E-state index contributed by atoms with van der Waals surface area (Å²) < 4.78 is 5.44. The number of carboxylic acids is 1. The summed E-state index contributed by atoms with van der Waals surface area (Å²) in [6.45, 7) is 10.2. The van der Waals surface area contributed by atoms with E-state index in [0.717, 1.165) is 0 Å². The topological polar surface area (TPSA) is 183 Å². The lowest BCUT2D eigenvalue weighted by Gasteiger charge is -2.38. The van der Waals surface area contributed by atoms with Gasteiger partial charge in [-0.2, -0.15) is 0 Å². The van der Waals surface area contributed by atoms with Crippen molar-refractivity contribution in [3.63, 3.8) is 0 Å². The zero-order valence-electron chi connectivity index (χ0n) is 27.1. The minimum absolute atomic E-state index is 0.156. The Kier molecular flexibility index (Phi) is 13.1. The fraction of sp³-hybridized carbons (Fsp3) is 0.767. The summed E-state index contributed by atoms with van der Waals surface area (Å²) in [6, 6.07) is -3.87. The number of fused-ring (bicyclic) bond motifs is 1. The molecule has 0 unspecified atom stereocenters. The lowest BCUT2D eigenvalue weighted by molar-refractivity contribution is -0.164. The van der Waals surface area contributed by atoms with E-state index < -0.39 is 77.7 Å². The molecule has 2 rings (SSSR count). The first-order chi connectivity index (χ1) is 20.5. The van der Waals surface area contributed by atoms with Crippen LogP contribution in [0.15, 0.2) is 0 Å². The predicted octanol–water partition coefficient (Wildman–Crippen LogP) is 0.381. The average molecular weight is 624 g/mol. The predicted molar refractivity (Wildman–Crippen MR) is 159 cm³/mol. The highest BCUT2D eigenvalue weighted by Gasteiger charge is 2.43. The molecule has 44 heavy (non-hydrogen) atoms. The van der Waals surface area contributed by atoms with E-state index in [1.54, 1.807) is 20.8 Å². The van der Waals surface area contributed by atoms with Crippen LogP contribution >= 0.6 is 0 Å². The number of nitrogens with one attached hydrogen (secondary N) is 2. The van der Waals surface area contributed by atoms with E-state index >= 15 is 0 Å². The Morgan fingerprint density at radius 2 is 1.61 bits per heavy atom. The number of cyclic esters (lactones) is 1. The van der Waals surface area contributed by atoms with Crippen molar-refractivity contribution in [2.24, 2.45) is 17.8 Å².